The van der Waals surface area contributed by atoms with Gasteiger partial charge in [-0.15, -0.1) is 0 Å². The van der Waals surface area contributed by atoms with Crippen LogP contribution in [0.4, 0.5) is 11.4 Å². The molecule has 0 spiro atoms. The van der Waals surface area contributed by atoms with E-state index >= 15 is 0 Å². The number of nitro benzene ring substituents is 1. The van der Waals surface area contributed by atoms with E-state index in [0.717, 1.165) is 0 Å². The van der Waals surface area contributed by atoms with Crippen molar-refractivity contribution in [1.82, 2.24) is 0 Å². The van der Waals surface area contributed by atoms with E-state index in [9.17, 15) is 24.8 Å². The fraction of sp³-hybridized carbons (Fsp3) is 0.0435. The van der Waals surface area contributed by atoms with E-state index in [-0.39, 0.29) is 17.0 Å². The second-order valence-electron chi connectivity index (χ2n) is 6.86. The Morgan fingerprint density at radius 1 is 0.935 bits per heavy atom. The standard InChI is InChI=1S/C23H15ClN2O5/c24-16-8-12-17(13-9-16)25-20(14-6-10-18(11-7-14)26(30)31)19(22(28)23(25)29)21(27)15-4-2-1-3-5-15/h1-13,20,27H/b21-19+. The summed E-state index contributed by atoms with van der Waals surface area (Å²) < 4.78 is 0. The minimum Gasteiger partial charge on any atom is -0.507 e. The molecule has 3 aromatic rings. The van der Waals surface area contributed by atoms with Crippen LogP contribution in [-0.4, -0.2) is 21.7 Å². The van der Waals surface area contributed by atoms with Crippen molar-refractivity contribution in [3.63, 3.8) is 0 Å². The molecule has 1 aliphatic rings. The molecule has 1 atom stereocenters. The van der Waals surface area contributed by atoms with E-state index in [1.165, 1.54) is 29.2 Å². The van der Waals surface area contributed by atoms with E-state index in [0.29, 0.717) is 21.8 Å². The van der Waals surface area contributed by atoms with Crippen LogP contribution >= 0.6 is 11.6 Å². The molecule has 1 N–H and O–H groups in total. The number of aliphatic hydroxyl groups is 1. The fourth-order valence-corrected chi connectivity index (χ4v) is 3.67. The largest absolute Gasteiger partial charge is 0.507 e. The van der Waals surface area contributed by atoms with Crippen LogP contribution in [0.2, 0.25) is 5.02 Å². The van der Waals surface area contributed by atoms with Gasteiger partial charge in [0.25, 0.3) is 17.4 Å². The predicted molar refractivity (Wildman–Crippen MR) is 116 cm³/mol. The number of anilines is 1. The number of benzene rings is 3. The number of ketones is 1. The number of nitro groups is 1. The second-order valence-corrected chi connectivity index (χ2v) is 7.30. The molecule has 0 saturated carbocycles. The lowest BCUT2D eigenvalue weighted by atomic mass is 9.95. The zero-order chi connectivity index (χ0) is 22.1. The third-order valence-electron chi connectivity index (χ3n) is 5.02. The van der Waals surface area contributed by atoms with Crippen LogP contribution in [0.1, 0.15) is 17.2 Å². The van der Waals surface area contributed by atoms with Gasteiger partial charge in [0.15, 0.2) is 0 Å². The van der Waals surface area contributed by atoms with Gasteiger partial charge in [0.05, 0.1) is 16.5 Å². The number of nitrogens with zero attached hydrogens (tertiary/aromatic N) is 2. The van der Waals surface area contributed by atoms with Crippen molar-refractivity contribution in [3.8, 4) is 0 Å². The number of carbonyl (C=O) groups excluding carboxylic acids is 2. The van der Waals surface area contributed by atoms with E-state index in [2.05, 4.69) is 0 Å². The highest BCUT2D eigenvalue weighted by Crippen LogP contribution is 2.42. The molecule has 0 aromatic heterocycles. The Morgan fingerprint density at radius 2 is 1.55 bits per heavy atom. The Balaban J connectivity index is 1.93. The van der Waals surface area contributed by atoms with Gasteiger partial charge >= 0.3 is 0 Å². The molecule has 0 aliphatic carbocycles. The van der Waals surface area contributed by atoms with Gasteiger partial charge in [0.2, 0.25) is 0 Å². The number of carbonyl (C=O) groups is 2. The molecule has 31 heavy (non-hydrogen) atoms. The topological polar surface area (TPSA) is 101 Å². The second kappa shape index (κ2) is 8.04. The van der Waals surface area contributed by atoms with Gasteiger partial charge in [-0.3, -0.25) is 24.6 Å². The van der Waals surface area contributed by atoms with Crippen molar-refractivity contribution in [2.75, 3.05) is 4.90 Å². The van der Waals surface area contributed by atoms with Gasteiger partial charge < -0.3 is 5.11 Å². The smallest absolute Gasteiger partial charge is 0.300 e. The third-order valence-corrected chi connectivity index (χ3v) is 5.27. The summed E-state index contributed by atoms with van der Waals surface area (Å²) in [7, 11) is 0. The lowest BCUT2D eigenvalue weighted by molar-refractivity contribution is -0.384. The highest BCUT2D eigenvalue weighted by atomic mass is 35.5. The molecular formula is C23H15ClN2O5. The summed E-state index contributed by atoms with van der Waals surface area (Å²) in [6.07, 6.45) is 0. The molecule has 0 radical (unpaired) electrons. The molecule has 1 heterocycles. The first kappa shape index (κ1) is 20.3. The van der Waals surface area contributed by atoms with Crippen LogP contribution < -0.4 is 4.90 Å². The van der Waals surface area contributed by atoms with Crippen molar-refractivity contribution in [2.24, 2.45) is 0 Å². The molecule has 0 bridgehead atoms. The fourth-order valence-electron chi connectivity index (χ4n) is 3.55. The average Bonchev–Trinajstić information content (AvgIpc) is 3.05. The van der Waals surface area contributed by atoms with Crippen molar-refractivity contribution < 1.29 is 19.6 Å². The summed E-state index contributed by atoms with van der Waals surface area (Å²) in [6.45, 7) is 0. The Morgan fingerprint density at radius 3 is 2.13 bits per heavy atom. The Bertz CT molecular complexity index is 1200. The molecular weight excluding hydrogens is 420 g/mol. The Hall–Kier alpha value is -3.97. The molecule has 4 rings (SSSR count). The van der Waals surface area contributed by atoms with Gasteiger partial charge in [-0.05, 0) is 42.0 Å². The quantitative estimate of drug-likeness (QED) is 0.207. The molecule has 1 amide bonds. The maximum absolute atomic E-state index is 13.0. The van der Waals surface area contributed by atoms with E-state index in [1.54, 1.807) is 54.6 Å². The first-order valence-electron chi connectivity index (χ1n) is 9.25. The van der Waals surface area contributed by atoms with E-state index in [4.69, 9.17) is 11.6 Å². The number of Topliss-reactive ketones (excluding diaryl/α,β-unsaturated/α-hetero) is 1. The Labute approximate surface area is 182 Å². The summed E-state index contributed by atoms with van der Waals surface area (Å²) in [5.41, 5.74) is 0.998. The molecule has 7 nitrogen and oxygen atoms in total. The number of hydrogen-bond donors (Lipinski definition) is 1. The lowest BCUT2D eigenvalue weighted by Gasteiger charge is -2.25. The van der Waals surface area contributed by atoms with Crippen molar-refractivity contribution >= 4 is 40.4 Å². The summed E-state index contributed by atoms with van der Waals surface area (Å²) in [5.74, 6) is -1.98. The highest BCUT2D eigenvalue weighted by molar-refractivity contribution is 6.51. The maximum Gasteiger partial charge on any atom is 0.300 e. The van der Waals surface area contributed by atoms with Crippen molar-refractivity contribution in [3.05, 3.63) is 111 Å². The lowest BCUT2D eigenvalue weighted by Crippen LogP contribution is -2.29. The zero-order valence-corrected chi connectivity index (χ0v) is 16.7. The van der Waals surface area contributed by atoms with Crippen LogP contribution in [0, 0.1) is 10.1 Å². The molecule has 154 valence electrons. The van der Waals surface area contributed by atoms with Crippen molar-refractivity contribution in [1.29, 1.82) is 0 Å². The number of rotatable bonds is 4. The highest BCUT2D eigenvalue weighted by Gasteiger charge is 2.47. The summed E-state index contributed by atoms with van der Waals surface area (Å²) in [4.78, 5) is 37.7. The molecule has 1 fully saturated rings. The first-order chi connectivity index (χ1) is 14.9. The van der Waals surface area contributed by atoms with Gasteiger partial charge in [-0.1, -0.05) is 41.9 Å². The monoisotopic (exact) mass is 434 g/mol. The van der Waals surface area contributed by atoms with Crippen LogP contribution in [0.5, 0.6) is 0 Å². The van der Waals surface area contributed by atoms with Crippen LogP contribution in [0.25, 0.3) is 5.76 Å². The molecule has 1 aliphatic heterocycles. The maximum atomic E-state index is 13.0. The molecule has 1 unspecified atom stereocenters. The predicted octanol–water partition coefficient (Wildman–Crippen LogP) is 4.87. The third kappa shape index (κ3) is 3.67. The SMILES string of the molecule is O=C1C(=O)N(c2ccc(Cl)cc2)C(c2ccc([N+](=O)[O-])cc2)/C1=C(\O)c1ccccc1. The van der Waals surface area contributed by atoms with Gasteiger partial charge in [-0.2, -0.15) is 0 Å². The number of hydrogen-bond acceptors (Lipinski definition) is 5. The summed E-state index contributed by atoms with van der Waals surface area (Å²) in [5, 5.41) is 22.4. The van der Waals surface area contributed by atoms with Crippen molar-refractivity contribution in [2.45, 2.75) is 6.04 Å². The minimum atomic E-state index is -0.970. The normalized spacial score (nSPS) is 17.7. The summed E-state index contributed by atoms with van der Waals surface area (Å²) >= 11 is 5.96. The van der Waals surface area contributed by atoms with E-state index in [1.807, 2.05) is 0 Å². The number of amides is 1. The first-order valence-corrected chi connectivity index (χ1v) is 9.62. The average molecular weight is 435 g/mol. The Kier molecular flexibility index (Phi) is 5.27. The molecule has 8 heteroatoms. The minimum absolute atomic E-state index is 0.0972. The molecule has 3 aromatic carbocycles. The number of aliphatic hydroxyl groups excluding tert-OH is 1. The van der Waals surface area contributed by atoms with Gasteiger partial charge in [-0.25, -0.2) is 0 Å². The molecule has 1 saturated heterocycles. The van der Waals surface area contributed by atoms with Crippen LogP contribution in [-0.2, 0) is 9.59 Å². The van der Waals surface area contributed by atoms with Gasteiger partial charge in [0, 0.05) is 28.4 Å². The number of non-ortho nitro benzene ring substituents is 1. The summed E-state index contributed by atoms with van der Waals surface area (Å²) in [6, 6.07) is 19.3. The van der Waals surface area contributed by atoms with E-state index < -0.39 is 22.7 Å². The zero-order valence-electron chi connectivity index (χ0n) is 15.9. The van der Waals surface area contributed by atoms with Crippen LogP contribution in [0.15, 0.2) is 84.4 Å². The van der Waals surface area contributed by atoms with Gasteiger partial charge in [0.1, 0.15) is 5.76 Å². The van der Waals surface area contributed by atoms with Crippen LogP contribution in [0.3, 0.4) is 0 Å². The number of halogens is 1.